The van der Waals surface area contributed by atoms with Crippen molar-refractivity contribution in [1.29, 1.82) is 0 Å². The molecule has 2 heterocycles. The molecule has 13 heavy (non-hydrogen) atoms. The summed E-state index contributed by atoms with van der Waals surface area (Å²) in [5, 5.41) is 0. The summed E-state index contributed by atoms with van der Waals surface area (Å²) in [6, 6.07) is 0.536. The van der Waals surface area contributed by atoms with Crippen molar-refractivity contribution in [3.8, 4) is 0 Å². The number of imidazole rings is 1. The summed E-state index contributed by atoms with van der Waals surface area (Å²) < 4.78 is 1.74. The number of aromatic nitrogens is 2. The standard InChI is InChI=1S/C9H15N3O/c1-11-5-2-3-8(11)7-12-6-4-10-9(12)13/h4,6,8H,2-3,5,7H2,1H3,(H,10,13). The Bertz CT molecular complexity index is 328. The van der Waals surface area contributed by atoms with Gasteiger partial charge in [-0.2, -0.15) is 0 Å². The van der Waals surface area contributed by atoms with Crippen LogP contribution in [-0.2, 0) is 6.54 Å². The van der Waals surface area contributed by atoms with Crippen LogP contribution in [0.2, 0.25) is 0 Å². The molecule has 1 fully saturated rings. The molecule has 1 aliphatic heterocycles. The van der Waals surface area contributed by atoms with Crippen LogP contribution >= 0.6 is 0 Å². The molecule has 4 nitrogen and oxygen atoms in total. The van der Waals surface area contributed by atoms with Crippen LogP contribution in [0.3, 0.4) is 0 Å². The highest BCUT2D eigenvalue weighted by Gasteiger charge is 2.21. The minimum absolute atomic E-state index is 0.000278. The molecule has 0 aromatic carbocycles. The molecule has 1 saturated heterocycles. The number of likely N-dealkylation sites (tertiary alicyclic amines) is 1. The van der Waals surface area contributed by atoms with E-state index in [0.29, 0.717) is 6.04 Å². The van der Waals surface area contributed by atoms with Gasteiger partial charge in [0, 0.05) is 25.0 Å². The third kappa shape index (κ3) is 1.67. The average molecular weight is 181 g/mol. The predicted molar refractivity (Wildman–Crippen MR) is 50.7 cm³/mol. The van der Waals surface area contributed by atoms with E-state index in [1.807, 2.05) is 6.20 Å². The Hall–Kier alpha value is -1.03. The maximum absolute atomic E-state index is 11.2. The Kier molecular flexibility index (Phi) is 2.22. The molecular weight excluding hydrogens is 166 g/mol. The largest absolute Gasteiger partial charge is 0.325 e. The SMILES string of the molecule is CN1CCCC1Cn1cc[nH]c1=O. The highest BCUT2D eigenvalue weighted by Crippen LogP contribution is 2.15. The van der Waals surface area contributed by atoms with Gasteiger partial charge in [0.1, 0.15) is 0 Å². The van der Waals surface area contributed by atoms with Crippen molar-refractivity contribution in [2.45, 2.75) is 25.4 Å². The predicted octanol–water partition coefficient (Wildman–Crippen LogP) is 0.271. The fourth-order valence-electron chi connectivity index (χ4n) is 1.93. The van der Waals surface area contributed by atoms with Crippen molar-refractivity contribution in [3.05, 3.63) is 22.9 Å². The summed E-state index contributed by atoms with van der Waals surface area (Å²) in [4.78, 5) is 16.2. The van der Waals surface area contributed by atoms with Crippen LogP contribution in [0, 0.1) is 0 Å². The highest BCUT2D eigenvalue weighted by atomic mass is 16.1. The second kappa shape index (κ2) is 3.38. The fraction of sp³-hybridized carbons (Fsp3) is 0.667. The Morgan fingerprint density at radius 3 is 3.08 bits per heavy atom. The lowest BCUT2D eigenvalue weighted by Crippen LogP contribution is -2.32. The molecule has 0 bridgehead atoms. The summed E-state index contributed by atoms with van der Waals surface area (Å²) in [6.45, 7) is 1.97. The van der Waals surface area contributed by atoms with Gasteiger partial charge in [-0.25, -0.2) is 4.79 Å². The Labute approximate surface area is 77.2 Å². The second-order valence-corrected chi connectivity index (χ2v) is 3.69. The molecule has 1 aromatic rings. The third-order valence-corrected chi connectivity index (χ3v) is 2.80. The number of H-pyrrole nitrogens is 1. The molecule has 0 spiro atoms. The first kappa shape index (κ1) is 8.56. The highest BCUT2D eigenvalue weighted by molar-refractivity contribution is 4.82. The lowest BCUT2D eigenvalue weighted by atomic mass is 10.2. The van der Waals surface area contributed by atoms with E-state index in [9.17, 15) is 4.79 Å². The van der Waals surface area contributed by atoms with Gasteiger partial charge in [0.05, 0.1) is 0 Å². The van der Waals surface area contributed by atoms with Gasteiger partial charge in [0.25, 0.3) is 0 Å². The van der Waals surface area contributed by atoms with E-state index in [1.165, 1.54) is 12.8 Å². The van der Waals surface area contributed by atoms with Crippen molar-refractivity contribution in [2.24, 2.45) is 0 Å². The average Bonchev–Trinajstić information content (AvgIpc) is 2.65. The zero-order valence-corrected chi connectivity index (χ0v) is 7.86. The normalized spacial score (nSPS) is 23.9. The van der Waals surface area contributed by atoms with Gasteiger partial charge < -0.3 is 9.88 Å². The monoisotopic (exact) mass is 181 g/mol. The van der Waals surface area contributed by atoms with E-state index in [1.54, 1.807) is 10.8 Å². The van der Waals surface area contributed by atoms with Gasteiger partial charge in [0.2, 0.25) is 0 Å². The minimum Gasteiger partial charge on any atom is -0.313 e. The molecule has 4 heteroatoms. The van der Waals surface area contributed by atoms with Gasteiger partial charge in [-0.05, 0) is 26.4 Å². The van der Waals surface area contributed by atoms with Crippen molar-refractivity contribution in [1.82, 2.24) is 14.5 Å². The molecule has 1 atom stereocenters. The molecule has 1 N–H and O–H groups in total. The van der Waals surface area contributed by atoms with Crippen LogP contribution < -0.4 is 5.69 Å². The summed E-state index contributed by atoms with van der Waals surface area (Å²) in [7, 11) is 2.12. The maximum Gasteiger partial charge on any atom is 0.325 e. The Morgan fingerprint density at radius 1 is 1.69 bits per heavy atom. The van der Waals surface area contributed by atoms with Gasteiger partial charge >= 0.3 is 5.69 Å². The van der Waals surface area contributed by atoms with Gasteiger partial charge in [0.15, 0.2) is 0 Å². The van der Waals surface area contributed by atoms with Crippen LogP contribution in [-0.4, -0.2) is 34.1 Å². The Morgan fingerprint density at radius 2 is 2.54 bits per heavy atom. The summed E-state index contributed by atoms with van der Waals surface area (Å²) in [5.41, 5.74) is 0.000278. The summed E-state index contributed by atoms with van der Waals surface area (Å²) in [5.74, 6) is 0. The molecule has 1 aliphatic rings. The first-order chi connectivity index (χ1) is 6.27. The zero-order chi connectivity index (χ0) is 9.26. The van der Waals surface area contributed by atoms with Gasteiger partial charge in [-0.15, -0.1) is 0 Å². The van der Waals surface area contributed by atoms with Crippen LogP contribution in [0.4, 0.5) is 0 Å². The van der Waals surface area contributed by atoms with Crippen LogP contribution in [0.15, 0.2) is 17.2 Å². The topological polar surface area (TPSA) is 41.0 Å². The third-order valence-electron chi connectivity index (χ3n) is 2.80. The number of likely N-dealkylation sites (N-methyl/N-ethyl adjacent to an activating group) is 1. The lowest BCUT2D eigenvalue weighted by molar-refractivity contribution is 0.280. The van der Waals surface area contributed by atoms with Gasteiger partial charge in [-0.3, -0.25) is 4.57 Å². The van der Waals surface area contributed by atoms with E-state index in [4.69, 9.17) is 0 Å². The second-order valence-electron chi connectivity index (χ2n) is 3.69. The molecule has 0 aliphatic carbocycles. The van der Waals surface area contributed by atoms with E-state index in [-0.39, 0.29) is 5.69 Å². The number of nitrogens with zero attached hydrogens (tertiary/aromatic N) is 2. The van der Waals surface area contributed by atoms with Crippen LogP contribution in [0.1, 0.15) is 12.8 Å². The van der Waals surface area contributed by atoms with E-state index in [2.05, 4.69) is 16.9 Å². The molecule has 1 unspecified atom stereocenters. The van der Waals surface area contributed by atoms with E-state index in [0.717, 1.165) is 13.1 Å². The molecule has 0 amide bonds. The van der Waals surface area contributed by atoms with E-state index >= 15 is 0 Å². The molecule has 0 radical (unpaired) electrons. The Balaban J connectivity index is 2.06. The number of aromatic amines is 1. The smallest absolute Gasteiger partial charge is 0.313 e. The molecule has 0 saturated carbocycles. The van der Waals surface area contributed by atoms with Crippen molar-refractivity contribution in [2.75, 3.05) is 13.6 Å². The molecule has 1 aromatic heterocycles. The van der Waals surface area contributed by atoms with E-state index < -0.39 is 0 Å². The summed E-state index contributed by atoms with van der Waals surface area (Å²) in [6.07, 6.45) is 5.96. The number of hydrogen-bond donors (Lipinski definition) is 1. The minimum atomic E-state index is 0.000278. The first-order valence-corrected chi connectivity index (χ1v) is 4.71. The zero-order valence-electron chi connectivity index (χ0n) is 7.86. The molecule has 72 valence electrons. The van der Waals surface area contributed by atoms with Crippen molar-refractivity contribution < 1.29 is 0 Å². The van der Waals surface area contributed by atoms with Gasteiger partial charge in [-0.1, -0.05) is 0 Å². The quantitative estimate of drug-likeness (QED) is 0.711. The van der Waals surface area contributed by atoms with Crippen LogP contribution in [0.5, 0.6) is 0 Å². The van der Waals surface area contributed by atoms with Crippen molar-refractivity contribution >= 4 is 0 Å². The summed E-state index contributed by atoms with van der Waals surface area (Å²) >= 11 is 0. The molecule has 2 rings (SSSR count). The maximum atomic E-state index is 11.2. The number of nitrogens with one attached hydrogen (secondary N) is 1. The number of rotatable bonds is 2. The number of hydrogen-bond acceptors (Lipinski definition) is 2. The van der Waals surface area contributed by atoms with Crippen LogP contribution in [0.25, 0.3) is 0 Å². The fourth-order valence-corrected chi connectivity index (χ4v) is 1.93. The van der Waals surface area contributed by atoms with Crippen molar-refractivity contribution in [3.63, 3.8) is 0 Å². The first-order valence-electron chi connectivity index (χ1n) is 4.71. The lowest BCUT2D eigenvalue weighted by Gasteiger charge is -2.18. The molecular formula is C9H15N3O.